The normalized spacial score (nSPS) is 10.7. The monoisotopic (exact) mass is 432 g/mol. The first-order chi connectivity index (χ1) is 13.8. The van der Waals surface area contributed by atoms with Crippen LogP contribution in [0, 0.1) is 6.92 Å². The minimum absolute atomic E-state index is 0.0261. The van der Waals surface area contributed by atoms with Crippen molar-refractivity contribution in [2.75, 3.05) is 5.32 Å². The molecular weight excluding hydrogens is 415 g/mol. The summed E-state index contributed by atoms with van der Waals surface area (Å²) in [5, 5.41) is 20.7. The number of aromatic nitrogens is 3. The second-order valence-electron chi connectivity index (χ2n) is 6.51. The summed E-state index contributed by atoms with van der Waals surface area (Å²) in [6.07, 6.45) is 0.412. The van der Waals surface area contributed by atoms with Crippen molar-refractivity contribution in [3.63, 3.8) is 0 Å². The highest BCUT2D eigenvalue weighted by molar-refractivity contribution is 6.34. The van der Waals surface area contributed by atoms with E-state index in [-0.39, 0.29) is 12.1 Å². The molecule has 0 fully saturated rings. The zero-order valence-electron chi connectivity index (χ0n) is 15.5. The van der Waals surface area contributed by atoms with Crippen LogP contribution in [0.25, 0.3) is 0 Å². The molecule has 1 heterocycles. The molecule has 0 radical (unpaired) electrons. The predicted molar refractivity (Wildman–Crippen MR) is 111 cm³/mol. The Kier molecular flexibility index (Phi) is 6.51. The topological polar surface area (TPSA) is 97.1 Å². The second kappa shape index (κ2) is 9.07. The Morgan fingerprint density at radius 2 is 1.83 bits per heavy atom. The van der Waals surface area contributed by atoms with E-state index < -0.39 is 11.9 Å². The van der Waals surface area contributed by atoms with Crippen LogP contribution < -0.4 is 5.32 Å². The number of rotatable bonds is 7. The molecule has 0 bridgehead atoms. The molecule has 9 heteroatoms. The van der Waals surface area contributed by atoms with Crippen LogP contribution in [0.15, 0.2) is 42.5 Å². The summed E-state index contributed by atoms with van der Waals surface area (Å²) < 4.78 is 1.60. The number of hydrogen-bond acceptors (Lipinski definition) is 4. The standard InChI is InChI=1S/C20H18Cl2N4O3/c1-12-19(24-25-26(12)11-14-7-15(21)10-16(22)8-14)20(29)23-17-4-2-3-13(9-17)5-6-18(27)28/h2-4,7-10H,5-6,11H2,1H3,(H,23,29)(H,27,28). The van der Waals surface area contributed by atoms with Gasteiger partial charge in [0.1, 0.15) is 0 Å². The summed E-state index contributed by atoms with van der Waals surface area (Å²) in [7, 11) is 0. The molecule has 0 saturated carbocycles. The maximum absolute atomic E-state index is 12.6. The largest absolute Gasteiger partial charge is 0.481 e. The van der Waals surface area contributed by atoms with Crippen molar-refractivity contribution >= 4 is 40.8 Å². The smallest absolute Gasteiger partial charge is 0.303 e. The number of hydrogen-bond donors (Lipinski definition) is 2. The van der Waals surface area contributed by atoms with Gasteiger partial charge in [0.15, 0.2) is 5.69 Å². The average Bonchev–Trinajstić information content (AvgIpc) is 3.00. The van der Waals surface area contributed by atoms with Crippen LogP contribution in [-0.4, -0.2) is 32.0 Å². The fourth-order valence-electron chi connectivity index (χ4n) is 2.84. The number of aryl methyl sites for hydroxylation is 1. The lowest BCUT2D eigenvalue weighted by atomic mass is 10.1. The molecule has 0 spiro atoms. The van der Waals surface area contributed by atoms with Crippen molar-refractivity contribution < 1.29 is 14.7 Å². The van der Waals surface area contributed by atoms with E-state index in [9.17, 15) is 9.59 Å². The summed E-state index contributed by atoms with van der Waals surface area (Å²) >= 11 is 12.1. The van der Waals surface area contributed by atoms with Gasteiger partial charge in [-0.1, -0.05) is 40.5 Å². The van der Waals surface area contributed by atoms with E-state index in [1.54, 1.807) is 48.0 Å². The van der Waals surface area contributed by atoms with Crippen LogP contribution in [0.5, 0.6) is 0 Å². The van der Waals surface area contributed by atoms with Crippen LogP contribution >= 0.6 is 23.2 Å². The number of benzene rings is 2. The van der Waals surface area contributed by atoms with E-state index in [2.05, 4.69) is 15.6 Å². The molecule has 29 heavy (non-hydrogen) atoms. The van der Waals surface area contributed by atoms with Gasteiger partial charge in [0.2, 0.25) is 0 Å². The molecule has 0 aliphatic rings. The fourth-order valence-corrected chi connectivity index (χ4v) is 3.41. The molecule has 0 unspecified atom stereocenters. The molecule has 0 aliphatic heterocycles. The Labute approximate surface area is 177 Å². The van der Waals surface area contributed by atoms with Gasteiger partial charge in [0.25, 0.3) is 5.91 Å². The Morgan fingerprint density at radius 3 is 2.52 bits per heavy atom. The van der Waals surface area contributed by atoms with Gasteiger partial charge in [0, 0.05) is 22.2 Å². The first kappa shape index (κ1) is 20.8. The van der Waals surface area contributed by atoms with Crippen molar-refractivity contribution in [2.45, 2.75) is 26.3 Å². The molecule has 2 aromatic carbocycles. The number of carboxylic acid groups (broad SMARTS) is 1. The van der Waals surface area contributed by atoms with E-state index in [1.807, 2.05) is 6.07 Å². The Morgan fingerprint density at radius 1 is 1.10 bits per heavy atom. The number of nitrogens with one attached hydrogen (secondary N) is 1. The zero-order chi connectivity index (χ0) is 21.0. The first-order valence-corrected chi connectivity index (χ1v) is 9.54. The molecule has 3 aromatic rings. The zero-order valence-corrected chi connectivity index (χ0v) is 17.0. The van der Waals surface area contributed by atoms with Crippen molar-refractivity contribution in [3.8, 4) is 0 Å². The van der Waals surface area contributed by atoms with E-state index in [0.717, 1.165) is 11.1 Å². The van der Waals surface area contributed by atoms with E-state index in [0.29, 0.717) is 34.4 Å². The summed E-state index contributed by atoms with van der Waals surface area (Å²) in [4.78, 5) is 23.3. The van der Waals surface area contributed by atoms with E-state index in [1.165, 1.54) is 0 Å². The van der Waals surface area contributed by atoms with Gasteiger partial charge in [0.05, 0.1) is 12.2 Å². The first-order valence-electron chi connectivity index (χ1n) is 8.79. The third-order valence-electron chi connectivity index (χ3n) is 4.26. The second-order valence-corrected chi connectivity index (χ2v) is 7.38. The highest BCUT2D eigenvalue weighted by Crippen LogP contribution is 2.20. The van der Waals surface area contributed by atoms with Crippen LogP contribution in [0.2, 0.25) is 10.0 Å². The molecule has 2 N–H and O–H groups in total. The number of anilines is 1. The third-order valence-corrected chi connectivity index (χ3v) is 4.70. The number of halogens is 2. The number of amides is 1. The van der Waals surface area contributed by atoms with Gasteiger partial charge in [-0.3, -0.25) is 9.59 Å². The van der Waals surface area contributed by atoms with Gasteiger partial charge in [-0.25, -0.2) is 4.68 Å². The number of carboxylic acids is 1. The highest BCUT2D eigenvalue weighted by Gasteiger charge is 2.17. The van der Waals surface area contributed by atoms with E-state index in [4.69, 9.17) is 28.3 Å². The number of nitrogens with zero attached hydrogens (tertiary/aromatic N) is 3. The summed E-state index contributed by atoms with van der Waals surface area (Å²) in [5.41, 5.74) is 3.03. The van der Waals surface area contributed by atoms with Gasteiger partial charge < -0.3 is 10.4 Å². The lowest BCUT2D eigenvalue weighted by Gasteiger charge is -2.07. The van der Waals surface area contributed by atoms with Gasteiger partial charge in [-0.2, -0.15) is 0 Å². The molecule has 3 rings (SSSR count). The van der Waals surface area contributed by atoms with Gasteiger partial charge in [-0.05, 0) is 54.8 Å². The van der Waals surface area contributed by atoms with Crippen molar-refractivity contribution in [3.05, 3.63) is 75.0 Å². The predicted octanol–water partition coefficient (Wildman–Crippen LogP) is 4.21. The van der Waals surface area contributed by atoms with Gasteiger partial charge >= 0.3 is 5.97 Å². The van der Waals surface area contributed by atoms with Crippen molar-refractivity contribution in [1.82, 2.24) is 15.0 Å². The Bertz CT molecular complexity index is 1050. The SMILES string of the molecule is Cc1c(C(=O)Nc2cccc(CCC(=O)O)c2)nnn1Cc1cc(Cl)cc(Cl)c1. The average molecular weight is 433 g/mol. The molecular formula is C20H18Cl2N4O3. The summed E-state index contributed by atoms with van der Waals surface area (Å²) in [6, 6.07) is 12.2. The number of carbonyl (C=O) groups is 2. The summed E-state index contributed by atoms with van der Waals surface area (Å²) in [5.74, 6) is -1.26. The van der Waals surface area contributed by atoms with Crippen LogP contribution in [-0.2, 0) is 17.8 Å². The minimum Gasteiger partial charge on any atom is -0.481 e. The van der Waals surface area contributed by atoms with Crippen molar-refractivity contribution in [2.24, 2.45) is 0 Å². The van der Waals surface area contributed by atoms with Gasteiger partial charge in [-0.15, -0.1) is 5.10 Å². The number of aliphatic carboxylic acids is 1. The molecule has 150 valence electrons. The molecule has 0 atom stereocenters. The minimum atomic E-state index is -0.868. The fraction of sp³-hybridized carbons (Fsp3) is 0.200. The van der Waals surface area contributed by atoms with Crippen LogP contribution in [0.1, 0.15) is 33.7 Å². The van der Waals surface area contributed by atoms with Crippen molar-refractivity contribution in [1.29, 1.82) is 0 Å². The van der Waals surface area contributed by atoms with Crippen LogP contribution in [0.3, 0.4) is 0 Å². The lowest BCUT2D eigenvalue weighted by Crippen LogP contribution is -2.14. The Hall–Kier alpha value is -2.90. The molecule has 0 saturated heterocycles. The molecule has 0 aliphatic carbocycles. The maximum Gasteiger partial charge on any atom is 0.303 e. The molecule has 7 nitrogen and oxygen atoms in total. The molecule has 1 aromatic heterocycles. The molecule has 1 amide bonds. The third kappa shape index (κ3) is 5.56. The highest BCUT2D eigenvalue weighted by atomic mass is 35.5. The maximum atomic E-state index is 12.6. The summed E-state index contributed by atoms with van der Waals surface area (Å²) in [6.45, 7) is 2.13. The van der Waals surface area contributed by atoms with E-state index >= 15 is 0 Å². The quantitative estimate of drug-likeness (QED) is 0.582. The number of carbonyl (C=O) groups excluding carboxylic acids is 1. The van der Waals surface area contributed by atoms with Crippen LogP contribution in [0.4, 0.5) is 5.69 Å². The lowest BCUT2D eigenvalue weighted by molar-refractivity contribution is -0.136. The Balaban J connectivity index is 1.72.